The number of anilines is 1. The van der Waals surface area contributed by atoms with Gasteiger partial charge in [0.05, 0.1) is 5.56 Å². The van der Waals surface area contributed by atoms with Crippen molar-refractivity contribution in [2.75, 3.05) is 11.4 Å². The average molecular weight is 244 g/mol. The maximum absolute atomic E-state index is 9.17. The van der Waals surface area contributed by atoms with Gasteiger partial charge in [-0.25, -0.2) is 4.98 Å². The summed E-state index contributed by atoms with van der Waals surface area (Å²) in [6.45, 7) is 3.00. The molecular formula is C14H20N4. The van der Waals surface area contributed by atoms with Crippen LogP contribution in [0.2, 0.25) is 0 Å². The summed E-state index contributed by atoms with van der Waals surface area (Å²) in [7, 11) is 0. The van der Waals surface area contributed by atoms with Gasteiger partial charge in [0, 0.05) is 24.8 Å². The van der Waals surface area contributed by atoms with Crippen molar-refractivity contribution in [3.8, 4) is 6.07 Å². The highest BCUT2D eigenvalue weighted by molar-refractivity contribution is 5.54. The molecule has 0 atom stereocenters. The lowest BCUT2D eigenvalue weighted by Crippen LogP contribution is -2.41. The molecule has 0 amide bonds. The number of pyridine rings is 1. The second-order valence-corrected chi connectivity index (χ2v) is 4.84. The largest absolute Gasteiger partial charge is 0.353 e. The quantitative estimate of drug-likeness (QED) is 0.883. The Kier molecular flexibility index (Phi) is 4.16. The van der Waals surface area contributed by atoms with Crippen molar-refractivity contribution < 1.29 is 0 Å². The predicted molar refractivity (Wildman–Crippen MR) is 72.2 cm³/mol. The van der Waals surface area contributed by atoms with E-state index < -0.39 is 0 Å². The van der Waals surface area contributed by atoms with E-state index in [1.807, 2.05) is 12.1 Å². The Balaban J connectivity index is 2.20. The van der Waals surface area contributed by atoms with Gasteiger partial charge in [0.2, 0.25) is 0 Å². The lowest BCUT2D eigenvalue weighted by atomic mass is 9.90. The minimum atomic E-state index is 0.346. The van der Waals surface area contributed by atoms with E-state index in [0.717, 1.165) is 38.0 Å². The average Bonchev–Trinajstić information content (AvgIpc) is 2.42. The highest BCUT2D eigenvalue weighted by Crippen LogP contribution is 2.27. The van der Waals surface area contributed by atoms with Crippen molar-refractivity contribution >= 4 is 5.82 Å². The molecule has 96 valence electrons. The molecule has 0 spiro atoms. The fraction of sp³-hybridized carbons (Fsp3) is 0.571. The Hall–Kier alpha value is -1.60. The Morgan fingerprint density at radius 1 is 1.44 bits per heavy atom. The van der Waals surface area contributed by atoms with Gasteiger partial charge in [-0.05, 0) is 44.7 Å². The zero-order chi connectivity index (χ0) is 13.0. The summed E-state index contributed by atoms with van der Waals surface area (Å²) in [6, 6.07) is 6.69. The van der Waals surface area contributed by atoms with Gasteiger partial charge in [0.15, 0.2) is 0 Å². The summed E-state index contributed by atoms with van der Waals surface area (Å²) in [5, 5.41) is 9.17. The van der Waals surface area contributed by atoms with Crippen LogP contribution < -0.4 is 10.6 Å². The molecule has 4 heteroatoms. The third kappa shape index (κ3) is 2.62. The first-order valence-corrected chi connectivity index (χ1v) is 6.63. The van der Waals surface area contributed by atoms with Gasteiger partial charge in [-0.1, -0.05) is 0 Å². The van der Waals surface area contributed by atoms with Crippen LogP contribution in [0.4, 0.5) is 5.82 Å². The van der Waals surface area contributed by atoms with Gasteiger partial charge in [-0.2, -0.15) is 5.26 Å². The van der Waals surface area contributed by atoms with Gasteiger partial charge in [-0.3, -0.25) is 0 Å². The molecule has 4 nitrogen and oxygen atoms in total. The fourth-order valence-electron chi connectivity index (χ4n) is 2.71. The zero-order valence-electron chi connectivity index (χ0n) is 10.8. The molecule has 1 aromatic rings. The van der Waals surface area contributed by atoms with Gasteiger partial charge in [0.25, 0.3) is 0 Å². The molecule has 1 aliphatic carbocycles. The van der Waals surface area contributed by atoms with Crippen LogP contribution in [-0.4, -0.2) is 23.6 Å². The second kappa shape index (κ2) is 5.83. The van der Waals surface area contributed by atoms with Crippen LogP contribution in [0.1, 0.15) is 38.2 Å². The molecule has 0 radical (unpaired) electrons. The topological polar surface area (TPSA) is 65.9 Å². The molecule has 0 unspecified atom stereocenters. The Bertz CT molecular complexity index is 430. The smallest absolute Gasteiger partial charge is 0.146 e. The Morgan fingerprint density at radius 3 is 2.78 bits per heavy atom. The van der Waals surface area contributed by atoms with Crippen LogP contribution in [0.15, 0.2) is 18.3 Å². The monoisotopic (exact) mass is 244 g/mol. The highest BCUT2D eigenvalue weighted by atomic mass is 15.2. The van der Waals surface area contributed by atoms with Crippen molar-refractivity contribution in [2.24, 2.45) is 5.73 Å². The molecule has 1 aromatic heterocycles. The van der Waals surface area contributed by atoms with Crippen molar-refractivity contribution in [1.82, 2.24) is 4.98 Å². The van der Waals surface area contributed by atoms with E-state index in [9.17, 15) is 0 Å². The molecule has 0 bridgehead atoms. The SMILES string of the molecule is CCN(c1ncccc1C#N)C1CCC(N)CC1. The third-order valence-electron chi connectivity index (χ3n) is 3.70. The number of nitrogens with zero attached hydrogens (tertiary/aromatic N) is 3. The molecular weight excluding hydrogens is 224 g/mol. The molecule has 2 rings (SSSR count). The molecule has 18 heavy (non-hydrogen) atoms. The standard InChI is InChI=1S/C14H20N4/c1-2-18(13-7-5-12(16)6-8-13)14-11(10-15)4-3-9-17-14/h3-4,9,12-13H,2,5-8,16H2,1H3. The maximum Gasteiger partial charge on any atom is 0.146 e. The minimum Gasteiger partial charge on any atom is -0.353 e. The van der Waals surface area contributed by atoms with Crippen LogP contribution in [0.25, 0.3) is 0 Å². The van der Waals surface area contributed by atoms with E-state index >= 15 is 0 Å². The summed E-state index contributed by atoms with van der Waals surface area (Å²) in [5.74, 6) is 0.822. The molecule has 2 N–H and O–H groups in total. The van der Waals surface area contributed by atoms with Gasteiger partial charge in [0.1, 0.15) is 11.9 Å². The molecule has 1 aliphatic rings. The van der Waals surface area contributed by atoms with Crippen molar-refractivity contribution in [3.05, 3.63) is 23.9 Å². The maximum atomic E-state index is 9.17. The molecule has 1 fully saturated rings. The number of nitriles is 1. The van der Waals surface area contributed by atoms with E-state index in [0.29, 0.717) is 17.6 Å². The number of nitrogens with two attached hydrogens (primary N) is 1. The lowest BCUT2D eigenvalue weighted by molar-refractivity contribution is 0.376. The first-order valence-electron chi connectivity index (χ1n) is 6.63. The molecule has 1 heterocycles. The van der Waals surface area contributed by atoms with E-state index in [4.69, 9.17) is 11.0 Å². The van der Waals surface area contributed by atoms with Crippen LogP contribution in [0.5, 0.6) is 0 Å². The van der Waals surface area contributed by atoms with Crippen LogP contribution in [0.3, 0.4) is 0 Å². The first kappa shape index (κ1) is 12.8. The Labute approximate surface area is 108 Å². The molecule has 0 aromatic carbocycles. The predicted octanol–water partition coefficient (Wildman–Crippen LogP) is 2.05. The fourth-order valence-corrected chi connectivity index (χ4v) is 2.71. The van der Waals surface area contributed by atoms with Crippen LogP contribution in [0, 0.1) is 11.3 Å². The normalized spacial score (nSPS) is 23.4. The van der Waals surface area contributed by atoms with E-state index in [2.05, 4.69) is 22.9 Å². The van der Waals surface area contributed by atoms with Crippen molar-refractivity contribution in [3.63, 3.8) is 0 Å². The van der Waals surface area contributed by atoms with Gasteiger partial charge in [-0.15, -0.1) is 0 Å². The molecule has 0 aliphatic heterocycles. The second-order valence-electron chi connectivity index (χ2n) is 4.84. The van der Waals surface area contributed by atoms with E-state index in [-0.39, 0.29) is 0 Å². The zero-order valence-corrected chi connectivity index (χ0v) is 10.8. The van der Waals surface area contributed by atoms with Gasteiger partial charge < -0.3 is 10.6 Å². The third-order valence-corrected chi connectivity index (χ3v) is 3.70. The van der Waals surface area contributed by atoms with Crippen LogP contribution >= 0.6 is 0 Å². The summed E-state index contributed by atoms with van der Waals surface area (Å²) in [4.78, 5) is 6.64. The van der Waals surface area contributed by atoms with E-state index in [1.54, 1.807) is 6.20 Å². The number of rotatable bonds is 3. The molecule has 0 saturated heterocycles. The molecule has 1 saturated carbocycles. The summed E-state index contributed by atoms with van der Waals surface area (Å²) in [5.41, 5.74) is 6.61. The summed E-state index contributed by atoms with van der Waals surface area (Å²) >= 11 is 0. The minimum absolute atomic E-state index is 0.346. The lowest BCUT2D eigenvalue weighted by Gasteiger charge is -2.36. The number of aromatic nitrogens is 1. The number of hydrogen-bond acceptors (Lipinski definition) is 4. The van der Waals surface area contributed by atoms with Crippen molar-refractivity contribution in [2.45, 2.75) is 44.7 Å². The van der Waals surface area contributed by atoms with Gasteiger partial charge >= 0.3 is 0 Å². The summed E-state index contributed by atoms with van der Waals surface area (Å²) in [6.07, 6.45) is 6.08. The van der Waals surface area contributed by atoms with Crippen LogP contribution in [-0.2, 0) is 0 Å². The Morgan fingerprint density at radius 2 is 2.17 bits per heavy atom. The highest BCUT2D eigenvalue weighted by Gasteiger charge is 2.25. The van der Waals surface area contributed by atoms with Crippen molar-refractivity contribution in [1.29, 1.82) is 5.26 Å². The van der Waals surface area contributed by atoms with E-state index in [1.165, 1.54) is 0 Å². The first-order chi connectivity index (χ1) is 8.76. The number of hydrogen-bond donors (Lipinski definition) is 1. The summed E-state index contributed by atoms with van der Waals surface area (Å²) < 4.78 is 0.